The summed E-state index contributed by atoms with van der Waals surface area (Å²) in [5.41, 5.74) is 11.7. The Morgan fingerprint density at radius 3 is 3.00 bits per heavy atom. The summed E-state index contributed by atoms with van der Waals surface area (Å²) in [5.74, 6) is 0.386. The summed E-state index contributed by atoms with van der Waals surface area (Å²) >= 11 is 5.71. The van der Waals surface area contributed by atoms with Crippen LogP contribution in [0, 0.1) is 0 Å². The lowest BCUT2D eigenvalue weighted by Crippen LogP contribution is -2.02. The molecule has 0 aliphatic carbocycles. The van der Waals surface area contributed by atoms with Crippen LogP contribution in [0.3, 0.4) is 0 Å². The Hall–Kier alpha value is -1.82. The predicted octanol–water partition coefficient (Wildman–Crippen LogP) is 0.468. The zero-order chi connectivity index (χ0) is 12.0. The summed E-state index contributed by atoms with van der Waals surface area (Å²) in [6, 6.07) is 1.63. The molecule has 1 aromatic rings. The summed E-state index contributed by atoms with van der Waals surface area (Å²) < 4.78 is 5.01. The second kappa shape index (κ2) is 5.92. The van der Waals surface area contributed by atoms with Crippen molar-refractivity contribution in [2.24, 2.45) is 16.5 Å². The van der Waals surface area contributed by atoms with E-state index < -0.39 is 0 Å². The molecule has 1 aromatic heterocycles. The smallest absolute Gasteiger partial charge is 0.238 e. The summed E-state index contributed by atoms with van der Waals surface area (Å²) in [6.45, 7) is 0.340. The van der Waals surface area contributed by atoms with Gasteiger partial charge in [0, 0.05) is 18.0 Å². The van der Waals surface area contributed by atoms with Crippen LogP contribution >= 0.6 is 11.6 Å². The Bertz CT molecular complexity index is 418. The molecule has 0 fully saturated rings. The third-order valence-electron chi connectivity index (χ3n) is 1.69. The van der Waals surface area contributed by atoms with Gasteiger partial charge in [-0.25, -0.2) is 0 Å². The van der Waals surface area contributed by atoms with Crippen LogP contribution in [0.4, 0.5) is 0 Å². The predicted molar refractivity (Wildman–Crippen MR) is 62.2 cm³/mol. The summed E-state index contributed by atoms with van der Waals surface area (Å²) in [5, 5.41) is 7.70. The number of hydrogen-bond acceptors (Lipinski definition) is 6. The maximum absolute atomic E-state index is 5.71. The molecule has 0 radical (unpaired) electrons. The van der Waals surface area contributed by atoms with Crippen molar-refractivity contribution in [2.45, 2.75) is 6.54 Å². The molecular formula is C9H12ClN5O. The molecule has 16 heavy (non-hydrogen) atoms. The fourth-order valence-corrected chi connectivity index (χ4v) is 1.14. The molecule has 1 heterocycles. The number of methoxy groups -OCH3 is 1. The molecule has 0 bridgehead atoms. The molecule has 0 aliphatic rings. The average Bonchev–Trinajstić information content (AvgIpc) is 2.29. The number of rotatable bonds is 4. The number of hydrogen-bond donors (Lipinski definition) is 2. The lowest BCUT2D eigenvalue weighted by molar-refractivity contribution is 0.386. The van der Waals surface area contributed by atoms with Crippen LogP contribution in [0.1, 0.15) is 5.56 Å². The monoisotopic (exact) mass is 241 g/mol. The maximum Gasteiger partial charge on any atom is 0.238 e. The lowest BCUT2D eigenvalue weighted by atomic mass is 10.3. The highest BCUT2D eigenvalue weighted by Gasteiger charge is 2.05. The molecule has 0 saturated carbocycles. The first kappa shape index (κ1) is 12.3. The Morgan fingerprint density at radius 1 is 1.62 bits per heavy atom. The van der Waals surface area contributed by atoms with Gasteiger partial charge in [-0.2, -0.15) is 0 Å². The van der Waals surface area contributed by atoms with Gasteiger partial charge in [-0.3, -0.25) is 4.99 Å². The minimum atomic E-state index is 0.285. The molecule has 7 heteroatoms. The van der Waals surface area contributed by atoms with Crippen molar-refractivity contribution in [3.8, 4) is 5.88 Å². The van der Waals surface area contributed by atoms with Gasteiger partial charge in [0.15, 0.2) is 5.15 Å². The highest BCUT2D eigenvalue weighted by molar-refractivity contribution is 6.29. The van der Waals surface area contributed by atoms with E-state index in [9.17, 15) is 0 Å². The molecule has 86 valence electrons. The first-order valence-electron chi connectivity index (χ1n) is 4.40. The van der Waals surface area contributed by atoms with Crippen molar-refractivity contribution in [1.82, 2.24) is 10.2 Å². The SMILES string of the molecule is COc1nnc(Cl)cc1CN=C/C(N)=C\N. The number of nitrogens with zero attached hydrogens (tertiary/aromatic N) is 3. The number of allylic oxidation sites excluding steroid dienone is 1. The minimum Gasteiger partial charge on any atom is -0.480 e. The van der Waals surface area contributed by atoms with Gasteiger partial charge in [0.2, 0.25) is 5.88 Å². The Labute approximate surface area is 98.0 Å². The standard InChI is InChI=1S/C9H12ClN5O/c1-16-9-6(2-8(10)14-15-9)4-13-5-7(12)3-11/h2-3,5H,4,11-12H2,1H3/b7-3+,13-5?. The van der Waals surface area contributed by atoms with E-state index in [1.165, 1.54) is 19.5 Å². The largest absolute Gasteiger partial charge is 0.480 e. The van der Waals surface area contributed by atoms with Gasteiger partial charge in [0.1, 0.15) is 0 Å². The molecule has 6 nitrogen and oxygen atoms in total. The number of halogens is 1. The lowest BCUT2D eigenvalue weighted by Gasteiger charge is -2.03. The number of ether oxygens (including phenoxy) is 1. The molecule has 0 amide bonds. The van der Waals surface area contributed by atoms with Crippen LogP contribution in [0.15, 0.2) is 23.0 Å². The van der Waals surface area contributed by atoms with Gasteiger partial charge < -0.3 is 16.2 Å². The normalized spacial score (nSPS) is 12.0. The van der Waals surface area contributed by atoms with Gasteiger partial charge in [0.25, 0.3) is 0 Å². The first-order valence-corrected chi connectivity index (χ1v) is 4.78. The fourth-order valence-electron chi connectivity index (χ4n) is 0.969. The third kappa shape index (κ3) is 3.39. The van der Waals surface area contributed by atoms with Gasteiger partial charge >= 0.3 is 0 Å². The van der Waals surface area contributed by atoms with Crippen LogP contribution in [0.5, 0.6) is 5.88 Å². The van der Waals surface area contributed by atoms with E-state index in [-0.39, 0.29) is 5.15 Å². The molecule has 0 aromatic carbocycles. The van der Waals surface area contributed by atoms with E-state index in [0.29, 0.717) is 18.1 Å². The molecule has 0 saturated heterocycles. The Balaban J connectivity index is 2.80. The zero-order valence-electron chi connectivity index (χ0n) is 8.72. The van der Waals surface area contributed by atoms with Crippen LogP contribution in [-0.2, 0) is 6.54 Å². The highest BCUT2D eigenvalue weighted by Crippen LogP contribution is 2.17. The van der Waals surface area contributed by atoms with Crippen LogP contribution in [-0.4, -0.2) is 23.5 Å². The van der Waals surface area contributed by atoms with Crippen molar-refractivity contribution >= 4 is 17.8 Å². The van der Waals surface area contributed by atoms with E-state index in [2.05, 4.69) is 15.2 Å². The zero-order valence-corrected chi connectivity index (χ0v) is 9.48. The van der Waals surface area contributed by atoms with Crippen LogP contribution in [0.2, 0.25) is 5.15 Å². The Morgan fingerprint density at radius 2 is 2.38 bits per heavy atom. The molecule has 0 atom stereocenters. The first-order chi connectivity index (χ1) is 7.67. The van der Waals surface area contributed by atoms with Gasteiger partial charge in [-0.1, -0.05) is 11.6 Å². The number of aliphatic imine (C=N–C) groups is 1. The van der Waals surface area contributed by atoms with Crippen molar-refractivity contribution in [2.75, 3.05) is 7.11 Å². The van der Waals surface area contributed by atoms with E-state index in [1.807, 2.05) is 0 Å². The van der Waals surface area contributed by atoms with Gasteiger partial charge in [-0.05, 0) is 6.07 Å². The second-order valence-corrected chi connectivity index (χ2v) is 3.23. The highest BCUT2D eigenvalue weighted by atomic mass is 35.5. The van der Waals surface area contributed by atoms with Gasteiger partial charge in [-0.15, -0.1) is 10.2 Å². The van der Waals surface area contributed by atoms with E-state index >= 15 is 0 Å². The van der Waals surface area contributed by atoms with Crippen LogP contribution in [0.25, 0.3) is 0 Å². The van der Waals surface area contributed by atoms with Crippen molar-refractivity contribution in [1.29, 1.82) is 0 Å². The molecule has 0 aliphatic heterocycles. The molecule has 0 spiro atoms. The molecule has 0 unspecified atom stereocenters. The molecule has 1 rings (SSSR count). The number of nitrogens with two attached hydrogens (primary N) is 2. The second-order valence-electron chi connectivity index (χ2n) is 2.84. The topological polar surface area (TPSA) is 99.4 Å². The van der Waals surface area contributed by atoms with E-state index in [4.69, 9.17) is 27.8 Å². The summed E-state index contributed by atoms with van der Waals surface area (Å²) in [4.78, 5) is 4.06. The van der Waals surface area contributed by atoms with E-state index in [0.717, 1.165) is 5.56 Å². The Kier molecular flexibility index (Phi) is 4.53. The average molecular weight is 242 g/mol. The summed E-state index contributed by atoms with van der Waals surface area (Å²) in [6.07, 6.45) is 2.71. The van der Waals surface area contributed by atoms with Crippen molar-refractivity contribution in [3.05, 3.63) is 28.7 Å². The van der Waals surface area contributed by atoms with Crippen molar-refractivity contribution in [3.63, 3.8) is 0 Å². The third-order valence-corrected chi connectivity index (χ3v) is 1.88. The maximum atomic E-state index is 5.71. The minimum absolute atomic E-state index is 0.285. The van der Waals surface area contributed by atoms with Crippen molar-refractivity contribution < 1.29 is 4.74 Å². The van der Waals surface area contributed by atoms with Gasteiger partial charge in [0.05, 0.1) is 19.4 Å². The molecule has 4 N–H and O–H groups in total. The quantitative estimate of drug-likeness (QED) is 0.747. The van der Waals surface area contributed by atoms with Crippen LogP contribution < -0.4 is 16.2 Å². The number of aromatic nitrogens is 2. The molecular weight excluding hydrogens is 230 g/mol. The van der Waals surface area contributed by atoms with E-state index in [1.54, 1.807) is 6.07 Å². The fraction of sp³-hybridized carbons (Fsp3) is 0.222. The summed E-state index contributed by atoms with van der Waals surface area (Å²) in [7, 11) is 1.50.